The van der Waals surface area contributed by atoms with Crippen LogP contribution in [0.3, 0.4) is 0 Å². The van der Waals surface area contributed by atoms with Crippen LogP contribution in [0.2, 0.25) is 0 Å². The van der Waals surface area contributed by atoms with E-state index in [2.05, 4.69) is 5.32 Å². The molecule has 0 heterocycles. The summed E-state index contributed by atoms with van der Waals surface area (Å²) in [4.78, 5) is 24.9. The molecule has 0 radical (unpaired) electrons. The highest BCUT2D eigenvalue weighted by Crippen LogP contribution is 2.27. The Morgan fingerprint density at radius 2 is 1.53 bits per heavy atom. The number of para-hydroxylation sites is 1. The van der Waals surface area contributed by atoms with Crippen molar-refractivity contribution in [3.8, 4) is 11.1 Å². The highest BCUT2D eigenvalue weighted by molar-refractivity contribution is 7.91. The quantitative estimate of drug-likeness (QED) is 0.513. The van der Waals surface area contributed by atoms with Crippen LogP contribution in [0.5, 0.6) is 0 Å². The molecule has 0 spiro atoms. The molecule has 0 saturated heterocycles. The minimum absolute atomic E-state index is 0.152. The van der Waals surface area contributed by atoms with E-state index in [4.69, 9.17) is 4.74 Å². The third kappa shape index (κ3) is 6.04. The molecule has 0 aliphatic heterocycles. The average molecular weight is 452 g/mol. The largest absolute Gasteiger partial charge is 0.453 e. The van der Waals surface area contributed by atoms with Crippen molar-refractivity contribution in [1.29, 1.82) is 0 Å². The summed E-state index contributed by atoms with van der Waals surface area (Å²) in [5, 5.41) is 2.78. The lowest BCUT2D eigenvalue weighted by Gasteiger charge is -2.16. The molecule has 0 aliphatic rings. The van der Waals surface area contributed by atoms with E-state index < -0.39 is 27.8 Å². The monoisotopic (exact) mass is 451 g/mol. The molecule has 0 aliphatic carbocycles. The first-order chi connectivity index (χ1) is 15.3. The number of hydrogen-bond donors (Lipinski definition) is 1. The number of aryl methyl sites for hydroxylation is 1. The Balaban J connectivity index is 1.58. The number of sulfone groups is 1. The molecule has 0 fully saturated rings. The Bertz CT molecular complexity index is 1190. The molecule has 3 aromatic carbocycles. The van der Waals surface area contributed by atoms with Crippen molar-refractivity contribution in [3.05, 3.63) is 84.4 Å². The summed E-state index contributed by atoms with van der Waals surface area (Å²) in [6, 6.07) is 23.3. The Morgan fingerprint density at radius 3 is 2.22 bits per heavy atom. The fraction of sp³-hybridized carbons (Fsp3) is 0.200. The predicted molar refractivity (Wildman–Crippen MR) is 124 cm³/mol. The maximum absolute atomic E-state index is 12.6. The predicted octanol–water partition coefficient (Wildman–Crippen LogP) is 4.40. The SMILES string of the molecule is Cc1ccc(S(=O)(=O)CCC(=O)OC(C)C(=O)Nc2ccccc2-c2ccccc2)cc1. The molecule has 6 nitrogen and oxygen atoms in total. The van der Waals surface area contributed by atoms with Crippen LogP contribution in [0.15, 0.2) is 83.8 Å². The van der Waals surface area contributed by atoms with Gasteiger partial charge < -0.3 is 10.1 Å². The van der Waals surface area contributed by atoms with Crippen LogP contribution < -0.4 is 5.32 Å². The molecule has 1 N–H and O–H groups in total. The summed E-state index contributed by atoms with van der Waals surface area (Å²) in [7, 11) is -3.61. The lowest BCUT2D eigenvalue weighted by molar-refractivity contribution is -0.152. The van der Waals surface area contributed by atoms with Gasteiger partial charge in [0.25, 0.3) is 5.91 Å². The number of carbonyl (C=O) groups is 2. The van der Waals surface area contributed by atoms with Gasteiger partial charge in [0.2, 0.25) is 0 Å². The van der Waals surface area contributed by atoms with Gasteiger partial charge in [-0.3, -0.25) is 9.59 Å². The third-order valence-corrected chi connectivity index (χ3v) is 6.63. The zero-order valence-electron chi connectivity index (χ0n) is 17.9. The van der Waals surface area contributed by atoms with Gasteiger partial charge in [-0.2, -0.15) is 0 Å². The minimum atomic E-state index is -3.61. The summed E-state index contributed by atoms with van der Waals surface area (Å²) >= 11 is 0. The molecular formula is C25H25NO5S. The van der Waals surface area contributed by atoms with Crippen molar-refractivity contribution in [2.75, 3.05) is 11.1 Å². The smallest absolute Gasteiger partial charge is 0.307 e. The van der Waals surface area contributed by atoms with E-state index in [0.29, 0.717) is 5.69 Å². The number of esters is 1. The van der Waals surface area contributed by atoms with E-state index >= 15 is 0 Å². The van der Waals surface area contributed by atoms with Crippen LogP contribution in [-0.2, 0) is 24.2 Å². The zero-order valence-corrected chi connectivity index (χ0v) is 18.8. The normalized spacial score (nSPS) is 12.1. The van der Waals surface area contributed by atoms with Crippen LogP contribution >= 0.6 is 0 Å². The lowest BCUT2D eigenvalue weighted by atomic mass is 10.0. The number of amides is 1. The number of nitrogens with one attached hydrogen (secondary N) is 1. The molecule has 0 saturated carbocycles. The Morgan fingerprint density at radius 1 is 0.906 bits per heavy atom. The van der Waals surface area contributed by atoms with Crippen molar-refractivity contribution in [2.24, 2.45) is 0 Å². The van der Waals surface area contributed by atoms with E-state index in [0.717, 1.165) is 16.7 Å². The molecule has 166 valence electrons. The second-order valence-electron chi connectivity index (χ2n) is 7.41. The fourth-order valence-corrected chi connectivity index (χ4v) is 4.31. The first-order valence-electron chi connectivity index (χ1n) is 10.2. The summed E-state index contributed by atoms with van der Waals surface area (Å²) in [5.74, 6) is -1.64. The van der Waals surface area contributed by atoms with Gasteiger partial charge in [0.1, 0.15) is 0 Å². The molecule has 0 bridgehead atoms. The first-order valence-corrected chi connectivity index (χ1v) is 11.9. The van der Waals surface area contributed by atoms with E-state index in [9.17, 15) is 18.0 Å². The number of rotatable bonds is 8. The molecule has 1 unspecified atom stereocenters. The van der Waals surface area contributed by atoms with Crippen molar-refractivity contribution in [1.82, 2.24) is 0 Å². The fourth-order valence-electron chi connectivity index (χ4n) is 3.09. The second kappa shape index (κ2) is 10.2. The molecule has 7 heteroatoms. The highest BCUT2D eigenvalue weighted by Gasteiger charge is 2.22. The second-order valence-corrected chi connectivity index (χ2v) is 9.52. The van der Waals surface area contributed by atoms with E-state index in [-0.39, 0.29) is 17.1 Å². The number of ether oxygens (including phenoxy) is 1. The summed E-state index contributed by atoms with van der Waals surface area (Å²) in [6.45, 7) is 3.31. The van der Waals surface area contributed by atoms with E-state index in [1.54, 1.807) is 24.3 Å². The minimum Gasteiger partial charge on any atom is -0.453 e. The van der Waals surface area contributed by atoms with Gasteiger partial charge in [0, 0.05) is 11.3 Å². The summed E-state index contributed by atoms with van der Waals surface area (Å²) < 4.78 is 30.0. The Kier molecular flexibility index (Phi) is 7.43. The standard InChI is InChI=1S/C25H25NO5S/c1-18-12-14-21(15-13-18)32(29,30)17-16-24(27)31-19(2)25(28)26-23-11-7-6-10-22(23)20-8-4-3-5-9-20/h3-15,19H,16-17H2,1-2H3,(H,26,28). The van der Waals surface area contributed by atoms with Crippen molar-refractivity contribution < 1.29 is 22.7 Å². The van der Waals surface area contributed by atoms with Gasteiger partial charge >= 0.3 is 5.97 Å². The highest BCUT2D eigenvalue weighted by atomic mass is 32.2. The van der Waals surface area contributed by atoms with Crippen molar-refractivity contribution >= 4 is 27.4 Å². The van der Waals surface area contributed by atoms with Crippen LogP contribution in [0, 0.1) is 6.92 Å². The number of anilines is 1. The number of carbonyl (C=O) groups excluding carboxylic acids is 2. The van der Waals surface area contributed by atoms with Crippen LogP contribution in [0.1, 0.15) is 18.9 Å². The number of benzene rings is 3. The maximum Gasteiger partial charge on any atom is 0.307 e. The molecular weight excluding hydrogens is 426 g/mol. The molecule has 32 heavy (non-hydrogen) atoms. The molecule has 3 aromatic rings. The van der Waals surface area contributed by atoms with Crippen molar-refractivity contribution in [2.45, 2.75) is 31.3 Å². The average Bonchev–Trinajstić information content (AvgIpc) is 2.79. The molecule has 0 aromatic heterocycles. The van der Waals surface area contributed by atoms with Crippen LogP contribution in [-0.4, -0.2) is 32.2 Å². The summed E-state index contributed by atoms with van der Waals surface area (Å²) in [5.41, 5.74) is 3.31. The van der Waals surface area contributed by atoms with Crippen LogP contribution in [0.25, 0.3) is 11.1 Å². The Labute approximate surface area is 188 Å². The van der Waals surface area contributed by atoms with Crippen LogP contribution in [0.4, 0.5) is 5.69 Å². The zero-order chi connectivity index (χ0) is 23.1. The lowest BCUT2D eigenvalue weighted by Crippen LogP contribution is -2.30. The molecule has 1 atom stereocenters. The van der Waals surface area contributed by atoms with Gasteiger partial charge in [-0.05, 0) is 37.6 Å². The van der Waals surface area contributed by atoms with E-state index in [1.165, 1.54) is 19.1 Å². The molecule has 3 rings (SSSR count). The van der Waals surface area contributed by atoms with Gasteiger partial charge in [0.05, 0.1) is 17.1 Å². The molecule has 1 amide bonds. The number of hydrogen-bond acceptors (Lipinski definition) is 5. The van der Waals surface area contributed by atoms with Gasteiger partial charge in [-0.25, -0.2) is 8.42 Å². The van der Waals surface area contributed by atoms with Gasteiger partial charge in [-0.1, -0.05) is 66.2 Å². The topological polar surface area (TPSA) is 89.5 Å². The van der Waals surface area contributed by atoms with Gasteiger partial charge in [-0.15, -0.1) is 0 Å². The van der Waals surface area contributed by atoms with Gasteiger partial charge in [0.15, 0.2) is 15.9 Å². The van der Waals surface area contributed by atoms with Crippen molar-refractivity contribution in [3.63, 3.8) is 0 Å². The Hall–Kier alpha value is -3.45. The third-order valence-electron chi connectivity index (χ3n) is 4.90. The van der Waals surface area contributed by atoms with E-state index in [1.807, 2.05) is 49.4 Å². The first kappa shape index (κ1) is 23.2. The maximum atomic E-state index is 12.6. The summed E-state index contributed by atoms with van der Waals surface area (Å²) in [6.07, 6.45) is -1.41.